The van der Waals surface area contributed by atoms with Crippen LogP contribution in [0.15, 0.2) is 62.3 Å². The van der Waals surface area contributed by atoms with Crippen molar-refractivity contribution in [2.24, 2.45) is 0 Å². The molecule has 0 saturated heterocycles. The summed E-state index contributed by atoms with van der Waals surface area (Å²) < 4.78 is 16.3. The highest BCUT2D eigenvalue weighted by Gasteiger charge is 2.24. The van der Waals surface area contributed by atoms with Gasteiger partial charge in [-0.15, -0.1) is 0 Å². The molecule has 0 spiro atoms. The summed E-state index contributed by atoms with van der Waals surface area (Å²) in [6.07, 6.45) is 2.56. The molecule has 0 aliphatic heterocycles. The average molecular weight is 387 g/mol. The highest BCUT2D eigenvalue weighted by atomic mass is 16.5. The minimum Gasteiger partial charge on any atom is -0.423 e. The van der Waals surface area contributed by atoms with Crippen molar-refractivity contribution in [2.75, 3.05) is 0 Å². The van der Waals surface area contributed by atoms with Gasteiger partial charge in [0.15, 0.2) is 0 Å². The lowest BCUT2D eigenvalue weighted by Gasteiger charge is -2.08. The van der Waals surface area contributed by atoms with Crippen molar-refractivity contribution in [3.05, 3.63) is 81.4 Å². The molecule has 29 heavy (non-hydrogen) atoms. The first kappa shape index (κ1) is 17.4. The molecule has 0 fully saturated rings. The summed E-state index contributed by atoms with van der Waals surface area (Å²) in [6, 6.07) is 14.4. The number of aromatic nitrogens is 1. The van der Waals surface area contributed by atoms with Crippen LogP contribution < -0.4 is 10.4 Å². The Balaban J connectivity index is 1.51. The third-order valence-corrected chi connectivity index (χ3v) is 5.27. The number of rotatable bonds is 3. The van der Waals surface area contributed by atoms with Gasteiger partial charge in [0.2, 0.25) is 0 Å². The number of nitrogens with zero attached hydrogens (tertiary/aromatic N) is 1. The maximum atomic E-state index is 12.9. The Morgan fingerprint density at radius 1 is 1.07 bits per heavy atom. The zero-order valence-corrected chi connectivity index (χ0v) is 15.7. The van der Waals surface area contributed by atoms with Gasteiger partial charge in [0.25, 0.3) is 0 Å². The number of benzene rings is 2. The summed E-state index contributed by atoms with van der Waals surface area (Å²) in [4.78, 5) is 25.1. The summed E-state index contributed by atoms with van der Waals surface area (Å²) in [5, 5.41) is 4.91. The van der Waals surface area contributed by atoms with Crippen LogP contribution in [0.4, 0.5) is 0 Å². The first-order chi connectivity index (χ1) is 14.1. The minimum atomic E-state index is -0.578. The molecule has 144 valence electrons. The Kier molecular flexibility index (Phi) is 4.05. The van der Waals surface area contributed by atoms with Crippen LogP contribution in [0.5, 0.6) is 5.75 Å². The zero-order chi connectivity index (χ0) is 20.0. The number of carbonyl (C=O) groups is 1. The van der Waals surface area contributed by atoms with Gasteiger partial charge in [-0.25, -0.2) is 9.59 Å². The topological polar surface area (TPSA) is 82.5 Å². The number of aryl methyl sites for hydroxylation is 2. The molecule has 6 heteroatoms. The van der Waals surface area contributed by atoms with E-state index in [4.69, 9.17) is 13.7 Å². The molecule has 2 heterocycles. The van der Waals surface area contributed by atoms with Crippen molar-refractivity contribution < 1.29 is 18.5 Å². The van der Waals surface area contributed by atoms with Gasteiger partial charge in [-0.2, -0.15) is 0 Å². The van der Waals surface area contributed by atoms with Crippen molar-refractivity contribution >= 4 is 16.9 Å². The molecule has 2 aromatic carbocycles. The average Bonchev–Trinajstić information content (AvgIpc) is 3.36. The Labute approximate surface area is 165 Å². The largest absolute Gasteiger partial charge is 0.423 e. The molecule has 0 unspecified atom stereocenters. The number of esters is 1. The molecular formula is C23H17NO5. The summed E-state index contributed by atoms with van der Waals surface area (Å²) >= 11 is 0. The smallest absolute Gasteiger partial charge is 0.349 e. The van der Waals surface area contributed by atoms with E-state index in [0.717, 1.165) is 41.3 Å². The summed E-state index contributed by atoms with van der Waals surface area (Å²) in [5.41, 5.74) is 3.37. The third kappa shape index (κ3) is 2.93. The van der Waals surface area contributed by atoms with Crippen LogP contribution >= 0.6 is 0 Å². The van der Waals surface area contributed by atoms with Crippen LogP contribution in [0.25, 0.3) is 22.2 Å². The lowest BCUT2D eigenvalue weighted by Crippen LogP contribution is -2.11. The molecule has 0 radical (unpaired) electrons. The van der Waals surface area contributed by atoms with Gasteiger partial charge in [-0.05, 0) is 43.9 Å². The van der Waals surface area contributed by atoms with Gasteiger partial charge in [0.05, 0.1) is 0 Å². The standard InChI is InChI=1S/C23H17NO5/c1-13-20(21(24-29-13)14-6-3-2-4-7-14)23(26)27-15-10-11-17-16-8-5-9-18(16)22(25)28-19(17)12-15/h2-4,6-7,10-12H,5,8-9H2,1H3. The van der Waals surface area contributed by atoms with E-state index in [0.29, 0.717) is 22.8 Å². The van der Waals surface area contributed by atoms with E-state index < -0.39 is 5.97 Å². The Hall–Kier alpha value is -3.67. The molecular weight excluding hydrogens is 370 g/mol. The molecule has 2 aromatic heterocycles. The molecule has 0 atom stereocenters. The third-order valence-electron chi connectivity index (χ3n) is 5.27. The molecule has 0 amide bonds. The van der Waals surface area contributed by atoms with Crippen LogP contribution in [0.1, 0.15) is 33.7 Å². The van der Waals surface area contributed by atoms with Gasteiger partial charge < -0.3 is 13.7 Å². The number of ether oxygens (including phenoxy) is 1. The van der Waals surface area contributed by atoms with Crippen LogP contribution in [0, 0.1) is 6.92 Å². The zero-order valence-electron chi connectivity index (χ0n) is 15.7. The van der Waals surface area contributed by atoms with Crippen LogP contribution in [-0.2, 0) is 12.8 Å². The fourth-order valence-electron chi connectivity index (χ4n) is 3.89. The molecule has 5 rings (SSSR count). The Morgan fingerprint density at radius 2 is 1.86 bits per heavy atom. The second-order valence-corrected chi connectivity index (χ2v) is 7.08. The first-order valence-corrected chi connectivity index (χ1v) is 9.44. The van der Waals surface area contributed by atoms with Gasteiger partial charge in [0.1, 0.15) is 28.4 Å². The van der Waals surface area contributed by atoms with E-state index >= 15 is 0 Å². The monoisotopic (exact) mass is 387 g/mol. The molecule has 0 saturated carbocycles. The molecule has 6 nitrogen and oxygen atoms in total. The van der Waals surface area contributed by atoms with Gasteiger partial charge in [-0.3, -0.25) is 0 Å². The molecule has 0 N–H and O–H groups in total. The molecule has 4 aromatic rings. The van der Waals surface area contributed by atoms with Gasteiger partial charge in [0, 0.05) is 22.6 Å². The maximum Gasteiger partial charge on any atom is 0.349 e. The second kappa shape index (κ2) is 6.74. The van der Waals surface area contributed by atoms with Crippen LogP contribution in [0.3, 0.4) is 0 Å². The van der Waals surface area contributed by atoms with Crippen LogP contribution in [0.2, 0.25) is 0 Å². The SMILES string of the molecule is Cc1onc(-c2ccccc2)c1C(=O)Oc1ccc2c3c(c(=O)oc2c1)CCC3. The molecule has 1 aliphatic rings. The number of fused-ring (bicyclic) bond motifs is 3. The van der Waals surface area contributed by atoms with E-state index in [9.17, 15) is 9.59 Å². The lowest BCUT2D eigenvalue weighted by molar-refractivity contribution is 0.0734. The number of hydrogen-bond donors (Lipinski definition) is 0. The fourth-order valence-corrected chi connectivity index (χ4v) is 3.89. The van der Waals surface area contributed by atoms with Crippen molar-refractivity contribution in [1.82, 2.24) is 5.16 Å². The Morgan fingerprint density at radius 3 is 2.69 bits per heavy atom. The summed E-state index contributed by atoms with van der Waals surface area (Å²) in [7, 11) is 0. The maximum absolute atomic E-state index is 12.9. The Bertz CT molecular complexity index is 1300. The van der Waals surface area contributed by atoms with Crippen molar-refractivity contribution in [2.45, 2.75) is 26.2 Å². The second-order valence-electron chi connectivity index (χ2n) is 7.08. The number of hydrogen-bond acceptors (Lipinski definition) is 6. The summed E-state index contributed by atoms with van der Waals surface area (Å²) in [5.74, 6) is 0.0904. The first-order valence-electron chi connectivity index (χ1n) is 9.44. The highest BCUT2D eigenvalue weighted by molar-refractivity contribution is 5.98. The van der Waals surface area contributed by atoms with Gasteiger partial charge in [-0.1, -0.05) is 35.5 Å². The quantitative estimate of drug-likeness (QED) is 0.293. The van der Waals surface area contributed by atoms with E-state index in [1.54, 1.807) is 19.1 Å². The van der Waals surface area contributed by atoms with E-state index in [1.807, 2.05) is 36.4 Å². The molecule has 1 aliphatic carbocycles. The predicted octanol–water partition coefficient (Wildman–Crippen LogP) is 4.46. The molecule has 0 bridgehead atoms. The lowest BCUT2D eigenvalue weighted by atomic mass is 10.1. The van der Waals surface area contributed by atoms with E-state index in [2.05, 4.69) is 5.16 Å². The van der Waals surface area contributed by atoms with Crippen molar-refractivity contribution in [1.29, 1.82) is 0 Å². The van der Waals surface area contributed by atoms with Crippen molar-refractivity contribution in [3.8, 4) is 17.0 Å². The van der Waals surface area contributed by atoms with Gasteiger partial charge >= 0.3 is 11.6 Å². The van der Waals surface area contributed by atoms with E-state index in [-0.39, 0.29) is 11.2 Å². The fraction of sp³-hybridized carbons (Fsp3) is 0.174. The predicted molar refractivity (Wildman–Crippen MR) is 106 cm³/mol. The van der Waals surface area contributed by atoms with Crippen molar-refractivity contribution in [3.63, 3.8) is 0 Å². The van der Waals surface area contributed by atoms with E-state index in [1.165, 1.54) is 0 Å². The number of carbonyl (C=O) groups excluding carboxylic acids is 1. The van der Waals surface area contributed by atoms with Crippen LogP contribution in [-0.4, -0.2) is 11.1 Å². The minimum absolute atomic E-state index is 0.270. The highest BCUT2D eigenvalue weighted by Crippen LogP contribution is 2.31. The normalized spacial score (nSPS) is 12.9. The summed E-state index contributed by atoms with van der Waals surface area (Å²) in [6.45, 7) is 1.67.